The second-order valence-electron chi connectivity index (χ2n) is 12.5. The smallest absolute Gasteiger partial charge is 0.335 e. The summed E-state index contributed by atoms with van der Waals surface area (Å²) in [4.78, 5) is 109. The number of esters is 8. The Hall–Kier alpha value is -6.23. The summed E-state index contributed by atoms with van der Waals surface area (Å²) in [6.45, 7) is 6.57. The third-order valence-electron chi connectivity index (χ3n) is 7.66. The number of rotatable bonds is 15. The number of hydrogen-bond acceptors (Lipinski definition) is 22. The predicted molar refractivity (Wildman–Crippen MR) is 180 cm³/mol. The first-order valence-corrected chi connectivity index (χ1v) is 17.1. The van der Waals surface area contributed by atoms with Crippen LogP contribution < -0.4 is 9.47 Å². The van der Waals surface area contributed by atoms with Crippen LogP contribution >= 0.6 is 0 Å². The van der Waals surface area contributed by atoms with Crippen molar-refractivity contribution in [3.8, 4) is 17.2 Å². The van der Waals surface area contributed by atoms with E-state index in [2.05, 4.69) is 0 Å². The van der Waals surface area contributed by atoms with Gasteiger partial charge < -0.3 is 67.1 Å². The highest BCUT2D eigenvalue weighted by Crippen LogP contribution is 2.43. The van der Waals surface area contributed by atoms with Crippen molar-refractivity contribution < 1.29 is 110 Å². The van der Waals surface area contributed by atoms with Crippen LogP contribution in [0.1, 0.15) is 65.7 Å². The second-order valence-corrected chi connectivity index (χ2v) is 12.5. The first-order valence-electron chi connectivity index (χ1n) is 17.1. The Balaban J connectivity index is 2.25. The maximum absolute atomic E-state index is 12.4. The molecule has 0 aliphatic carbocycles. The molecule has 10 atom stereocenters. The van der Waals surface area contributed by atoms with Gasteiger partial charge in [0.25, 0.3) is 0 Å². The summed E-state index contributed by atoms with van der Waals surface area (Å²) in [6.07, 6.45) is -17.5. The molecule has 2 heterocycles. The molecule has 58 heavy (non-hydrogen) atoms. The quantitative estimate of drug-likeness (QED) is 0.174. The van der Waals surface area contributed by atoms with Gasteiger partial charge in [-0.05, 0) is 12.1 Å². The molecule has 0 aromatic heterocycles. The van der Waals surface area contributed by atoms with Gasteiger partial charge in [-0.15, -0.1) is 0 Å². The van der Waals surface area contributed by atoms with Crippen molar-refractivity contribution >= 4 is 53.7 Å². The Morgan fingerprint density at radius 1 is 0.500 bits per heavy atom. The van der Waals surface area contributed by atoms with E-state index in [1.54, 1.807) is 0 Å². The van der Waals surface area contributed by atoms with Gasteiger partial charge in [0.1, 0.15) is 25.4 Å². The van der Waals surface area contributed by atoms with Crippen LogP contribution in [-0.4, -0.2) is 139 Å². The lowest BCUT2D eigenvalue weighted by atomic mass is 9.98. The number of phenolic OH excluding ortho intramolecular Hbond substituents is 1. The van der Waals surface area contributed by atoms with Gasteiger partial charge in [-0.2, -0.15) is 0 Å². The summed E-state index contributed by atoms with van der Waals surface area (Å²) in [5.74, 6) is -11.7. The number of aromatic hydroxyl groups is 1. The molecule has 0 spiro atoms. The standard InChI is InChI=1S/C35H42O23/c1-13(36)47-11-24-27(49-15(3)38)29(51-17(5)40)31(53-19(7)42)34(56-24)55-23-10-21(33(45)46)9-22(44)26(23)58-35-32(54-20(8)43)30(52-18(6)41)28(50-16(4)39)25(57-35)12-48-14(2)37/h9-10,24-25,27-32,34-35,44H,11-12H2,1-8H3,(H,45,46)/t24-,25-,27+,28+,29+,30+,31-,32-,34?,35?/m1/s1. The van der Waals surface area contributed by atoms with Gasteiger partial charge >= 0.3 is 53.7 Å². The van der Waals surface area contributed by atoms with Gasteiger partial charge in [-0.25, -0.2) is 4.79 Å². The Labute approximate surface area is 328 Å². The minimum Gasteiger partial charge on any atom is -0.504 e. The highest BCUT2D eigenvalue weighted by atomic mass is 16.8. The monoisotopic (exact) mass is 830 g/mol. The van der Waals surface area contributed by atoms with E-state index in [9.17, 15) is 53.4 Å². The minimum atomic E-state index is -2.00. The molecule has 0 bridgehead atoms. The van der Waals surface area contributed by atoms with Crippen molar-refractivity contribution in [2.75, 3.05) is 13.2 Å². The number of carbonyl (C=O) groups excluding carboxylic acids is 8. The number of carboxylic acid groups (broad SMARTS) is 1. The van der Waals surface area contributed by atoms with Crippen molar-refractivity contribution in [2.24, 2.45) is 0 Å². The normalized spacial score (nSPS) is 26.3. The minimum absolute atomic E-state index is 0.646. The van der Waals surface area contributed by atoms with Crippen LogP contribution in [-0.2, 0) is 85.7 Å². The molecule has 2 fully saturated rings. The largest absolute Gasteiger partial charge is 0.504 e. The lowest BCUT2D eigenvalue weighted by molar-refractivity contribution is -0.292. The number of benzene rings is 1. The van der Waals surface area contributed by atoms with E-state index in [-0.39, 0.29) is 0 Å². The van der Waals surface area contributed by atoms with Crippen LogP contribution in [0.5, 0.6) is 17.2 Å². The molecule has 0 amide bonds. The Morgan fingerprint density at radius 3 is 1.19 bits per heavy atom. The molecule has 0 radical (unpaired) electrons. The summed E-state index contributed by atoms with van der Waals surface area (Å²) in [5, 5.41) is 21.1. The van der Waals surface area contributed by atoms with Gasteiger partial charge in [-0.3, -0.25) is 38.4 Å². The summed E-state index contributed by atoms with van der Waals surface area (Å²) >= 11 is 0. The van der Waals surface area contributed by atoms with Crippen molar-refractivity contribution in [3.63, 3.8) is 0 Å². The van der Waals surface area contributed by atoms with Crippen LogP contribution in [0.15, 0.2) is 12.1 Å². The number of phenols is 1. The molecule has 1 aromatic rings. The molecular formula is C35H42O23. The Kier molecular flexibility index (Phi) is 16.1. The predicted octanol–water partition coefficient (Wildman–Crippen LogP) is 0.0142. The topological polar surface area (TPSA) is 305 Å². The van der Waals surface area contributed by atoms with E-state index in [4.69, 9.17) is 56.8 Å². The number of hydrogen-bond donors (Lipinski definition) is 2. The summed E-state index contributed by atoms with van der Waals surface area (Å²) in [6, 6.07) is 1.49. The van der Waals surface area contributed by atoms with Crippen LogP contribution in [0.2, 0.25) is 0 Å². The number of aromatic carboxylic acids is 1. The van der Waals surface area contributed by atoms with Gasteiger partial charge in [0, 0.05) is 55.4 Å². The molecule has 320 valence electrons. The maximum atomic E-state index is 12.4. The number of carbonyl (C=O) groups is 9. The number of carboxylic acids is 1. The molecule has 2 saturated heterocycles. The number of ether oxygens (including phenoxy) is 12. The molecule has 2 N–H and O–H groups in total. The molecule has 2 unspecified atom stereocenters. The molecule has 23 heteroatoms. The molecule has 3 rings (SSSR count). The van der Waals surface area contributed by atoms with E-state index in [0.717, 1.165) is 61.5 Å². The molecule has 23 nitrogen and oxygen atoms in total. The van der Waals surface area contributed by atoms with Crippen molar-refractivity contribution in [1.29, 1.82) is 0 Å². The van der Waals surface area contributed by atoms with Crippen LogP contribution in [0.4, 0.5) is 0 Å². The van der Waals surface area contributed by atoms with Gasteiger partial charge in [0.05, 0.1) is 5.56 Å². The SMILES string of the molecule is CC(=O)OC[C@H]1OC(Oc2cc(C(=O)O)cc(O)c2OC2O[C@H](COC(C)=O)[C@H](OC(C)=O)[C@H](OC(C)=O)[C@H]2OC(C)=O)[C@H](OC(C)=O)[C@@H](OC(C)=O)[C@H]1OC(C)=O. The van der Waals surface area contributed by atoms with Crippen LogP contribution in [0, 0.1) is 0 Å². The second kappa shape index (κ2) is 20.3. The summed E-state index contributed by atoms with van der Waals surface area (Å²) in [7, 11) is 0. The van der Waals surface area contributed by atoms with E-state index in [0.29, 0.717) is 6.07 Å². The van der Waals surface area contributed by atoms with E-state index >= 15 is 0 Å². The summed E-state index contributed by atoms with van der Waals surface area (Å²) < 4.78 is 66.2. The first-order chi connectivity index (χ1) is 27.1. The van der Waals surface area contributed by atoms with Crippen molar-refractivity contribution in [2.45, 2.75) is 117 Å². The zero-order valence-corrected chi connectivity index (χ0v) is 32.3. The van der Waals surface area contributed by atoms with Crippen LogP contribution in [0.3, 0.4) is 0 Å². The molecule has 0 saturated carbocycles. The van der Waals surface area contributed by atoms with Gasteiger partial charge in [-0.1, -0.05) is 0 Å². The fraction of sp³-hybridized carbons (Fsp3) is 0.571. The van der Waals surface area contributed by atoms with Gasteiger partial charge in [0.2, 0.25) is 30.5 Å². The fourth-order valence-corrected chi connectivity index (χ4v) is 5.73. The van der Waals surface area contributed by atoms with Crippen molar-refractivity contribution in [1.82, 2.24) is 0 Å². The average Bonchev–Trinajstić information content (AvgIpc) is 3.08. The van der Waals surface area contributed by atoms with Crippen LogP contribution in [0.25, 0.3) is 0 Å². The molecule has 1 aromatic carbocycles. The third-order valence-corrected chi connectivity index (χ3v) is 7.66. The zero-order valence-electron chi connectivity index (χ0n) is 32.3. The molecular weight excluding hydrogens is 788 g/mol. The van der Waals surface area contributed by atoms with Crippen molar-refractivity contribution in [3.05, 3.63) is 17.7 Å². The summed E-state index contributed by atoms with van der Waals surface area (Å²) in [5.41, 5.74) is -0.646. The lowest BCUT2D eigenvalue weighted by Crippen LogP contribution is -2.64. The average molecular weight is 831 g/mol. The van der Waals surface area contributed by atoms with E-state index in [1.807, 2.05) is 0 Å². The third kappa shape index (κ3) is 12.9. The highest BCUT2D eigenvalue weighted by molar-refractivity contribution is 5.89. The zero-order chi connectivity index (χ0) is 43.6. The molecule has 2 aliphatic heterocycles. The van der Waals surface area contributed by atoms with Gasteiger partial charge in [0.15, 0.2) is 35.9 Å². The van der Waals surface area contributed by atoms with E-state index < -0.39 is 151 Å². The molecule has 2 aliphatic rings. The highest BCUT2D eigenvalue weighted by Gasteiger charge is 2.55. The maximum Gasteiger partial charge on any atom is 0.335 e. The lowest BCUT2D eigenvalue weighted by Gasteiger charge is -2.44. The Morgan fingerprint density at radius 2 is 0.845 bits per heavy atom. The Bertz CT molecular complexity index is 1750. The first kappa shape index (κ1) is 46.2. The van der Waals surface area contributed by atoms with E-state index in [1.165, 1.54) is 0 Å². The fourth-order valence-electron chi connectivity index (χ4n) is 5.73.